The Morgan fingerprint density at radius 1 is 1.05 bits per heavy atom. The fraction of sp³-hybridized carbons (Fsp3) is 0.278. The summed E-state index contributed by atoms with van der Waals surface area (Å²) in [5.41, 5.74) is 1.01. The standard InChI is InChI=1S/C18H19NO3/c1-18(2)17(20)19(21-13-14-9-5-3-6-10-14)16(22-18)15-11-7-4-8-12-15/h3-12,16H,13H2,1-2H3. The molecule has 0 N–H and O–H groups in total. The molecular weight excluding hydrogens is 278 g/mol. The second kappa shape index (κ2) is 5.91. The molecule has 0 spiro atoms. The van der Waals surface area contributed by atoms with Crippen LogP contribution in [0.25, 0.3) is 0 Å². The highest BCUT2D eigenvalue weighted by Gasteiger charge is 2.48. The van der Waals surface area contributed by atoms with Gasteiger partial charge in [0, 0.05) is 5.56 Å². The number of hydrogen-bond donors (Lipinski definition) is 0. The molecule has 2 aromatic carbocycles. The van der Waals surface area contributed by atoms with Crippen LogP contribution in [0.15, 0.2) is 60.7 Å². The third kappa shape index (κ3) is 2.89. The molecule has 1 aliphatic rings. The Balaban J connectivity index is 1.80. The molecule has 0 saturated carbocycles. The molecule has 1 amide bonds. The average Bonchev–Trinajstić information content (AvgIpc) is 2.78. The summed E-state index contributed by atoms with van der Waals surface area (Å²) in [6.07, 6.45) is -0.521. The summed E-state index contributed by atoms with van der Waals surface area (Å²) in [6, 6.07) is 19.4. The Hall–Kier alpha value is -2.17. The monoisotopic (exact) mass is 297 g/mol. The number of carbonyl (C=O) groups is 1. The van der Waals surface area contributed by atoms with Crippen molar-refractivity contribution in [2.45, 2.75) is 32.3 Å². The first-order valence-electron chi connectivity index (χ1n) is 7.31. The van der Waals surface area contributed by atoms with Gasteiger partial charge in [-0.25, -0.2) is 0 Å². The topological polar surface area (TPSA) is 38.8 Å². The number of nitrogens with zero attached hydrogens (tertiary/aromatic N) is 1. The number of carbonyl (C=O) groups excluding carboxylic acids is 1. The Bertz CT molecular complexity index is 640. The first-order chi connectivity index (χ1) is 10.6. The van der Waals surface area contributed by atoms with Crippen LogP contribution in [-0.4, -0.2) is 16.6 Å². The largest absolute Gasteiger partial charge is 0.336 e. The highest BCUT2D eigenvalue weighted by Crippen LogP contribution is 2.37. The zero-order chi connectivity index (χ0) is 15.6. The van der Waals surface area contributed by atoms with Gasteiger partial charge in [0.2, 0.25) is 0 Å². The fourth-order valence-electron chi connectivity index (χ4n) is 2.41. The second-order valence-corrected chi connectivity index (χ2v) is 5.78. The van der Waals surface area contributed by atoms with Crippen molar-refractivity contribution in [3.63, 3.8) is 0 Å². The molecule has 114 valence electrons. The van der Waals surface area contributed by atoms with Crippen LogP contribution in [0.5, 0.6) is 0 Å². The number of hydrogen-bond acceptors (Lipinski definition) is 3. The van der Waals surface area contributed by atoms with Crippen molar-refractivity contribution in [2.75, 3.05) is 0 Å². The van der Waals surface area contributed by atoms with Crippen molar-refractivity contribution >= 4 is 5.91 Å². The first-order valence-corrected chi connectivity index (χ1v) is 7.31. The summed E-state index contributed by atoms with van der Waals surface area (Å²) < 4.78 is 5.90. The van der Waals surface area contributed by atoms with Crippen molar-refractivity contribution in [2.24, 2.45) is 0 Å². The molecule has 0 radical (unpaired) electrons. The number of ether oxygens (including phenoxy) is 1. The van der Waals surface area contributed by atoms with E-state index in [0.717, 1.165) is 11.1 Å². The lowest BCUT2D eigenvalue weighted by Gasteiger charge is -2.22. The molecule has 0 aliphatic carbocycles. The molecule has 1 heterocycles. The van der Waals surface area contributed by atoms with Gasteiger partial charge in [-0.2, -0.15) is 5.06 Å². The number of rotatable bonds is 4. The van der Waals surface area contributed by atoms with E-state index < -0.39 is 11.8 Å². The van der Waals surface area contributed by atoms with E-state index in [4.69, 9.17) is 9.57 Å². The normalized spacial score (nSPS) is 20.4. The van der Waals surface area contributed by atoms with E-state index >= 15 is 0 Å². The molecule has 1 atom stereocenters. The third-order valence-electron chi connectivity index (χ3n) is 3.63. The van der Waals surface area contributed by atoms with Gasteiger partial charge in [-0.3, -0.25) is 9.63 Å². The molecule has 2 aromatic rings. The van der Waals surface area contributed by atoms with E-state index in [-0.39, 0.29) is 5.91 Å². The van der Waals surface area contributed by atoms with Crippen molar-refractivity contribution in [1.29, 1.82) is 0 Å². The van der Waals surface area contributed by atoms with Gasteiger partial charge >= 0.3 is 0 Å². The summed E-state index contributed by atoms with van der Waals surface area (Å²) >= 11 is 0. The van der Waals surface area contributed by atoms with Gasteiger partial charge in [0.25, 0.3) is 5.91 Å². The van der Waals surface area contributed by atoms with Crippen molar-refractivity contribution < 1.29 is 14.4 Å². The maximum absolute atomic E-state index is 12.5. The molecule has 1 fully saturated rings. The molecule has 4 heteroatoms. The molecule has 4 nitrogen and oxygen atoms in total. The van der Waals surface area contributed by atoms with Crippen molar-refractivity contribution in [3.05, 3.63) is 71.8 Å². The smallest absolute Gasteiger partial charge is 0.280 e. The third-order valence-corrected chi connectivity index (χ3v) is 3.63. The maximum Gasteiger partial charge on any atom is 0.280 e. The van der Waals surface area contributed by atoms with E-state index in [0.29, 0.717) is 6.61 Å². The van der Waals surface area contributed by atoms with Crippen LogP contribution in [-0.2, 0) is 21.0 Å². The number of benzene rings is 2. The molecule has 1 aliphatic heterocycles. The van der Waals surface area contributed by atoms with E-state index in [2.05, 4.69) is 0 Å². The van der Waals surface area contributed by atoms with E-state index in [1.807, 2.05) is 60.7 Å². The maximum atomic E-state index is 12.5. The van der Waals surface area contributed by atoms with E-state index in [9.17, 15) is 4.79 Å². The van der Waals surface area contributed by atoms with Crippen LogP contribution in [0, 0.1) is 0 Å². The van der Waals surface area contributed by atoms with E-state index in [1.165, 1.54) is 5.06 Å². The SMILES string of the molecule is CC1(C)OC(c2ccccc2)N(OCc2ccccc2)C1=O. The minimum Gasteiger partial charge on any atom is -0.336 e. The van der Waals surface area contributed by atoms with Gasteiger partial charge < -0.3 is 4.74 Å². The Labute approximate surface area is 130 Å². The lowest BCUT2D eigenvalue weighted by molar-refractivity contribution is -0.218. The van der Waals surface area contributed by atoms with Gasteiger partial charge in [-0.15, -0.1) is 0 Å². The summed E-state index contributed by atoms with van der Waals surface area (Å²) in [5, 5.41) is 1.35. The van der Waals surface area contributed by atoms with Crippen LogP contribution >= 0.6 is 0 Å². The highest BCUT2D eigenvalue weighted by atomic mass is 16.7. The Kier molecular flexibility index (Phi) is 3.96. The van der Waals surface area contributed by atoms with Crippen LogP contribution < -0.4 is 0 Å². The highest BCUT2D eigenvalue weighted by molar-refractivity contribution is 5.85. The minimum atomic E-state index is -0.892. The van der Waals surface area contributed by atoms with Crippen LogP contribution in [0.1, 0.15) is 31.2 Å². The molecule has 0 aromatic heterocycles. The van der Waals surface area contributed by atoms with Crippen LogP contribution in [0.2, 0.25) is 0 Å². The molecule has 3 rings (SSSR count). The molecule has 1 saturated heterocycles. The minimum absolute atomic E-state index is 0.169. The van der Waals surface area contributed by atoms with Gasteiger partial charge in [0.15, 0.2) is 6.23 Å². The Morgan fingerprint density at radius 3 is 2.27 bits per heavy atom. The zero-order valence-corrected chi connectivity index (χ0v) is 12.7. The summed E-state index contributed by atoms with van der Waals surface area (Å²) in [4.78, 5) is 18.3. The molecule has 22 heavy (non-hydrogen) atoms. The van der Waals surface area contributed by atoms with Crippen LogP contribution in [0.4, 0.5) is 0 Å². The lowest BCUT2D eigenvalue weighted by Crippen LogP contribution is -2.35. The lowest BCUT2D eigenvalue weighted by atomic mass is 10.1. The quantitative estimate of drug-likeness (QED) is 0.867. The zero-order valence-electron chi connectivity index (χ0n) is 12.7. The van der Waals surface area contributed by atoms with Gasteiger partial charge in [0.1, 0.15) is 12.2 Å². The van der Waals surface area contributed by atoms with Gasteiger partial charge in [-0.05, 0) is 19.4 Å². The summed E-state index contributed by atoms with van der Waals surface area (Å²) in [5.74, 6) is -0.169. The number of hydroxylamine groups is 2. The van der Waals surface area contributed by atoms with Crippen molar-refractivity contribution in [1.82, 2.24) is 5.06 Å². The summed E-state index contributed by atoms with van der Waals surface area (Å²) in [6.45, 7) is 3.85. The molecule has 1 unspecified atom stereocenters. The van der Waals surface area contributed by atoms with Gasteiger partial charge in [0.05, 0.1) is 0 Å². The fourth-order valence-corrected chi connectivity index (χ4v) is 2.41. The molecular formula is C18H19NO3. The van der Waals surface area contributed by atoms with Gasteiger partial charge in [-0.1, -0.05) is 60.7 Å². The predicted molar refractivity (Wildman–Crippen MR) is 82.4 cm³/mol. The average molecular weight is 297 g/mol. The van der Waals surface area contributed by atoms with Crippen LogP contribution in [0.3, 0.4) is 0 Å². The van der Waals surface area contributed by atoms with Crippen molar-refractivity contribution in [3.8, 4) is 0 Å². The molecule has 0 bridgehead atoms. The first kappa shape index (κ1) is 14.8. The summed E-state index contributed by atoms with van der Waals surface area (Å²) in [7, 11) is 0. The predicted octanol–water partition coefficient (Wildman–Crippen LogP) is 3.45. The van der Waals surface area contributed by atoms with E-state index in [1.54, 1.807) is 13.8 Å². The second-order valence-electron chi connectivity index (χ2n) is 5.78. The number of amides is 1. The Morgan fingerprint density at radius 2 is 1.64 bits per heavy atom.